The summed E-state index contributed by atoms with van der Waals surface area (Å²) in [5, 5.41) is 2.77. The van der Waals surface area contributed by atoms with Crippen molar-refractivity contribution >= 4 is 17.6 Å². The first-order chi connectivity index (χ1) is 13.8. The first kappa shape index (κ1) is 18.2. The minimum absolute atomic E-state index is 0.503. The molecule has 0 saturated carbocycles. The molecule has 0 saturated heterocycles. The van der Waals surface area contributed by atoms with Crippen molar-refractivity contribution in [3.8, 4) is 22.1 Å². The highest BCUT2D eigenvalue weighted by molar-refractivity contribution is 7.12. The molecule has 2 aromatic carbocycles. The molecule has 2 aromatic heterocycles. The lowest BCUT2D eigenvalue weighted by Gasteiger charge is -2.12. The van der Waals surface area contributed by atoms with Gasteiger partial charge in [-0.3, -0.25) is 9.36 Å². The Morgan fingerprint density at radius 2 is 1.93 bits per heavy atom. The smallest absolute Gasteiger partial charge is 0.194 e. The van der Waals surface area contributed by atoms with Crippen molar-refractivity contribution in [3.63, 3.8) is 0 Å². The van der Waals surface area contributed by atoms with Gasteiger partial charge < -0.3 is 4.74 Å². The number of nitrogens with zero attached hydrogens (tertiary/aromatic N) is 2. The fraction of sp³-hybridized carbons (Fsp3) is 0.130. The number of hydrogen-bond donors (Lipinski definition) is 0. The van der Waals surface area contributed by atoms with Gasteiger partial charge in [0.1, 0.15) is 12.4 Å². The third-order valence-corrected chi connectivity index (χ3v) is 5.40. The molecular formula is C23H20N2O2S. The molecule has 0 aliphatic rings. The SMILES string of the molecule is CCc1ccc(OCc2ccccc2)c(-c2csc(-n3cccc3C=O)n2)c1. The number of ether oxygens (including phenoxy) is 1. The number of aryl methyl sites for hydroxylation is 1. The number of aldehydes is 1. The van der Waals surface area contributed by atoms with Crippen LogP contribution in [0, 0.1) is 0 Å². The van der Waals surface area contributed by atoms with E-state index in [9.17, 15) is 4.79 Å². The molecule has 140 valence electrons. The van der Waals surface area contributed by atoms with Crippen LogP contribution >= 0.6 is 11.3 Å². The predicted octanol–water partition coefficient (Wildman–Crippen LogP) is 5.55. The molecule has 28 heavy (non-hydrogen) atoms. The molecule has 4 rings (SSSR count). The van der Waals surface area contributed by atoms with Crippen molar-refractivity contribution in [2.75, 3.05) is 0 Å². The minimum Gasteiger partial charge on any atom is -0.488 e. The van der Waals surface area contributed by atoms with E-state index >= 15 is 0 Å². The van der Waals surface area contributed by atoms with Crippen molar-refractivity contribution in [1.82, 2.24) is 9.55 Å². The van der Waals surface area contributed by atoms with Gasteiger partial charge in [-0.05, 0) is 41.8 Å². The summed E-state index contributed by atoms with van der Waals surface area (Å²) in [6.07, 6.45) is 3.63. The molecular weight excluding hydrogens is 368 g/mol. The molecule has 4 nitrogen and oxygen atoms in total. The largest absolute Gasteiger partial charge is 0.488 e. The third kappa shape index (κ3) is 3.75. The van der Waals surface area contributed by atoms with Gasteiger partial charge in [0.05, 0.1) is 11.4 Å². The van der Waals surface area contributed by atoms with Crippen LogP contribution in [0.1, 0.15) is 28.5 Å². The lowest BCUT2D eigenvalue weighted by atomic mass is 10.1. The Morgan fingerprint density at radius 1 is 1.07 bits per heavy atom. The summed E-state index contributed by atoms with van der Waals surface area (Å²) in [5.41, 5.74) is 4.76. The Hall–Kier alpha value is -3.18. The standard InChI is InChI=1S/C23H20N2O2S/c1-2-17-10-11-22(27-15-18-7-4-3-5-8-18)20(13-17)21-16-28-23(24-21)25-12-6-9-19(25)14-26/h3-14,16H,2,15H2,1H3. The molecule has 0 amide bonds. The van der Waals surface area contributed by atoms with E-state index in [0.29, 0.717) is 12.3 Å². The number of aromatic nitrogens is 2. The Labute approximate surface area is 168 Å². The van der Waals surface area contributed by atoms with Crippen LogP contribution in [0.3, 0.4) is 0 Å². The average Bonchev–Trinajstić information content (AvgIpc) is 3.42. The molecule has 0 atom stereocenters. The fourth-order valence-electron chi connectivity index (χ4n) is 3.02. The molecule has 0 N–H and O–H groups in total. The van der Waals surface area contributed by atoms with Gasteiger partial charge in [-0.15, -0.1) is 11.3 Å². The zero-order valence-corrected chi connectivity index (χ0v) is 16.4. The number of rotatable bonds is 7. The zero-order chi connectivity index (χ0) is 19.3. The summed E-state index contributed by atoms with van der Waals surface area (Å²) in [5.74, 6) is 0.807. The molecule has 0 unspecified atom stereocenters. The van der Waals surface area contributed by atoms with Crippen LogP contribution in [-0.2, 0) is 13.0 Å². The molecule has 0 fully saturated rings. The van der Waals surface area contributed by atoms with Crippen molar-refractivity contribution < 1.29 is 9.53 Å². The van der Waals surface area contributed by atoms with Crippen LogP contribution < -0.4 is 4.74 Å². The second-order valence-electron chi connectivity index (χ2n) is 6.39. The summed E-state index contributed by atoms with van der Waals surface area (Å²) >= 11 is 1.51. The van der Waals surface area contributed by atoms with Gasteiger partial charge >= 0.3 is 0 Å². The fourth-order valence-corrected chi connectivity index (χ4v) is 3.85. The Kier molecular flexibility index (Phi) is 5.35. The second kappa shape index (κ2) is 8.23. The summed E-state index contributed by atoms with van der Waals surface area (Å²) in [6, 6.07) is 20.0. The van der Waals surface area contributed by atoms with E-state index < -0.39 is 0 Å². The van der Waals surface area contributed by atoms with Crippen LogP contribution in [-0.4, -0.2) is 15.8 Å². The Morgan fingerprint density at radius 3 is 2.71 bits per heavy atom. The van der Waals surface area contributed by atoms with Gasteiger partial charge in [0.2, 0.25) is 0 Å². The highest BCUT2D eigenvalue weighted by Gasteiger charge is 2.14. The summed E-state index contributed by atoms with van der Waals surface area (Å²) in [6.45, 7) is 2.63. The number of hydrogen-bond acceptors (Lipinski definition) is 4. The van der Waals surface area contributed by atoms with E-state index in [0.717, 1.165) is 40.4 Å². The van der Waals surface area contributed by atoms with E-state index in [1.165, 1.54) is 16.9 Å². The number of benzene rings is 2. The maximum absolute atomic E-state index is 11.2. The third-order valence-electron chi connectivity index (χ3n) is 4.56. The van der Waals surface area contributed by atoms with Gasteiger partial charge in [0.25, 0.3) is 0 Å². The van der Waals surface area contributed by atoms with Crippen molar-refractivity contribution in [3.05, 3.63) is 89.1 Å². The van der Waals surface area contributed by atoms with Crippen LogP contribution in [0.5, 0.6) is 5.75 Å². The van der Waals surface area contributed by atoms with Crippen molar-refractivity contribution in [1.29, 1.82) is 0 Å². The first-order valence-corrected chi connectivity index (χ1v) is 10.0. The molecule has 0 aliphatic heterocycles. The maximum atomic E-state index is 11.2. The number of carbonyl (C=O) groups excluding carboxylic acids is 1. The quantitative estimate of drug-likeness (QED) is 0.390. The van der Waals surface area contributed by atoms with Crippen molar-refractivity contribution in [2.24, 2.45) is 0 Å². The zero-order valence-electron chi connectivity index (χ0n) is 15.5. The number of thiazole rings is 1. The van der Waals surface area contributed by atoms with E-state index in [2.05, 4.69) is 19.1 Å². The summed E-state index contributed by atoms with van der Waals surface area (Å²) < 4.78 is 7.92. The topological polar surface area (TPSA) is 44.1 Å². The summed E-state index contributed by atoms with van der Waals surface area (Å²) in [7, 11) is 0. The Bertz CT molecular complexity index is 1080. The van der Waals surface area contributed by atoms with E-state index in [1.54, 1.807) is 10.6 Å². The van der Waals surface area contributed by atoms with Gasteiger partial charge in [0, 0.05) is 17.1 Å². The lowest BCUT2D eigenvalue weighted by molar-refractivity contribution is 0.111. The number of carbonyl (C=O) groups is 1. The monoisotopic (exact) mass is 388 g/mol. The predicted molar refractivity (Wildman–Crippen MR) is 112 cm³/mol. The Balaban J connectivity index is 1.67. The van der Waals surface area contributed by atoms with Crippen LogP contribution in [0.25, 0.3) is 16.4 Å². The van der Waals surface area contributed by atoms with E-state index in [4.69, 9.17) is 9.72 Å². The highest BCUT2D eigenvalue weighted by atomic mass is 32.1. The molecule has 4 aromatic rings. The highest BCUT2D eigenvalue weighted by Crippen LogP contribution is 2.33. The van der Waals surface area contributed by atoms with Gasteiger partial charge in [-0.25, -0.2) is 4.98 Å². The maximum Gasteiger partial charge on any atom is 0.194 e. The molecule has 2 heterocycles. The molecule has 0 bridgehead atoms. The van der Waals surface area contributed by atoms with E-state index in [1.807, 2.05) is 54.0 Å². The average molecular weight is 388 g/mol. The summed E-state index contributed by atoms with van der Waals surface area (Å²) in [4.78, 5) is 16.0. The van der Waals surface area contributed by atoms with E-state index in [-0.39, 0.29) is 0 Å². The van der Waals surface area contributed by atoms with Gasteiger partial charge in [-0.2, -0.15) is 0 Å². The molecule has 0 spiro atoms. The molecule has 0 radical (unpaired) electrons. The van der Waals surface area contributed by atoms with Crippen LogP contribution in [0.15, 0.2) is 72.2 Å². The normalized spacial score (nSPS) is 10.8. The van der Waals surface area contributed by atoms with Crippen LogP contribution in [0.2, 0.25) is 0 Å². The second-order valence-corrected chi connectivity index (χ2v) is 7.23. The first-order valence-electron chi connectivity index (χ1n) is 9.17. The lowest BCUT2D eigenvalue weighted by Crippen LogP contribution is -1.99. The van der Waals surface area contributed by atoms with Gasteiger partial charge in [0.15, 0.2) is 11.4 Å². The molecule has 0 aliphatic carbocycles. The molecule has 5 heteroatoms. The van der Waals surface area contributed by atoms with Gasteiger partial charge in [-0.1, -0.05) is 43.3 Å². The minimum atomic E-state index is 0.503. The van der Waals surface area contributed by atoms with Crippen molar-refractivity contribution in [2.45, 2.75) is 20.0 Å². The van der Waals surface area contributed by atoms with Crippen LogP contribution in [0.4, 0.5) is 0 Å².